The Bertz CT molecular complexity index is 510. The van der Waals surface area contributed by atoms with Crippen LogP contribution in [-0.2, 0) is 16.1 Å². The molecular weight excluding hydrogens is 294 g/mol. The van der Waals surface area contributed by atoms with E-state index < -0.39 is 5.91 Å². The third-order valence-electron chi connectivity index (χ3n) is 3.28. The van der Waals surface area contributed by atoms with Gasteiger partial charge in [-0.15, -0.1) is 12.4 Å². The molecule has 116 valence electrons. The molecule has 1 aliphatic rings. The molecule has 21 heavy (non-hydrogen) atoms. The van der Waals surface area contributed by atoms with Crippen LogP contribution in [0.15, 0.2) is 24.3 Å². The lowest BCUT2D eigenvalue weighted by atomic mass is 10.1. The van der Waals surface area contributed by atoms with E-state index in [-0.39, 0.29) is 30.5 Å². The Balaban J connectivity index is 0.00000220. The van der Waals surface area contributed by atoms with E-state index in [4.69, 9.17) is 10.5 Å². The van der Waals surface area contributed by atoms with Crippen molar-refractivity contribution >= 4 is 24.2 Å². The molecule has 0 aliphatic carbocycles. The number of hydrogen-bond donors (Lipinski definition) is 3. The Morgan fingerprint density at radius 1 is 1.48 bits per heavy atom. The number of ether oxygens (including phenoxy) is 1. The molecule has 0 aromatic heterocycles. The van der Waals surface area contributed by atoms with Gasteiger partial charge in [0, 0.05) is 18.7 Å². The summed E-state index contributed by atoms with van der Waals surface area (Å²) in [6.07, 6.45) is -0.152. The second-order valence-electron chi connectivity index (χ2n) is 4.79. The third kappa shape index (κ3) is 4.70. The van der Waals surface area contributed by atoms with Gasteiger partial charge < -0.3 is 21.1 Å². The Morgan fingerprint density at radius 3 is 2.90 bits per heavy atom. The van der Waals surface area contributed by atoms with Crippen LogP contribution < -0.4 is 16.4 Å². The first-order valence-electron chi connectivity index (χ1n) is 6.59. The molecule has 1 heterocycles. The molecular formula is C14H20ClN3O3. The van der Waals surface area contributed by atoms with E-state index >= 15 is 0 Å². The number of carbonyl (C=O) groups excluding carboxylic acids is 2. The average Bonchev–Trinajstić information content (AvgIpc) is 2.45. The molecule has 1 aromatic rings. The zero-order valence-electron chi connectivity index (χ0n) is 11.8. The minimum absolute atomic E-state index is 0. The number of carbonyl (C=O) groups is 2. The van der Waals surface area contributed by atoms with E-state index in [0.717, 1.165) is 5.56 Å². The number of nitrogens with one attached hydrogen (secondary N) is 2. The molecule has 2 rings (SSSR count). The van der Waals surface area contributed by atoms with Crippen LogP contribution in [0.2, 0.25) is 0 Å². The van der Waals surface area contributed by atoms with Crippen molar-refractivity contribution in [1.29, 1.82) is 0 Å². The highest BCUT2D eigenvalue weighted by Gasteiger charge is 2.27. The van der Waals surface area contributed by atoms with Crippen molar-refractivity contribution in [3.8, 4) is 0 Å². The van der Waals surface area contributed by atoms with Crippen molar-refractivity contribution in [2.75, 3.05) is 13.2 Å². The second-order valence-corrected chi connectivity index (χ2v) is 4.79. The molecule has 0 bridgehead atoms. The number of primary amides is 1. The van der Waals surface area contributed by atoms with Gasteiger partial charge in [-0.1, -0.05) is 12.1 Å². The molecule has 0 spiro atoms. The predicted molar refractivity (Wildman–Crippen MR) is 81.3 cm³/mol. The minimum Gasteiger partial charge on any atom is -0.375 e. The van der Waals surface area contributed by atoms with Crippen molar-refractivity contribution < 1.29 is 14.3 Å². The number of hydrogen-bond acceptors (Lipinski definition) is 4. The maximum atomic E-state index is 12.1. The van der Waals surface area contributed by atoms with Gasteiger partial charge in [0.25, 0.3) is 0 Å². The summed E-state index contributed by atoms with van der Waals surface area (Å²) in [7, 11) is 0. The van der Waals surface area contributed by atoms with Gasteiger partial charge >= 0.3 is 0 Å². The van der Waals surface area contributed by atoms with Crippen molar-refractivity contribution in [3.05, 3.63) is 35.4 Å². The zero-order chi connectivity index (χ0) is 14.5. The molecule has 7 heteroatoms. The van der Waals surface area contributed by atoms with Gasteiger partial charge in [-0.05, 0) is 24.6 Å². The fourth-order valence-corrected chi connectivity index (χ4v) is 2.16. The average molecular weight is 314 g/mol. The molecule has 1 saturated heterocycles. The van der Waals surface area contributed by atoms with Crippen LogP contribution in [0.25, 0.3) is 0 Å². The van der Waals surface area contributed by atoms with Gasteiger partial charge in [0.1, 0.15) is 6.04 Å². The third-order valence-corrected chi connectivity index (χ3v) is 3.28. The summed E-state index contributed by atoms with van der Waals surface area (Å²) >= 11 is 0. The van der Waals surface area contributed by atoms with Gasteiger partial charge in [0.05, 0.1) is 12.7 Å². The Labute approximate surface area is 129 Å². The lowest BCUT2D eigenvalue weighted by Crippen LogP contribution is -2.55. The van der Waals surface area contributed by atoms with Crippen LogP contribution in [0.4, 0.5) is 0 Å². The zero-order valence-corrected chi connectivity index (χ0v) is 12.6. The van der Waals surface area contributed by atoms with Crippen molar-refractivity contribution in [2.45, 2.75) is 25.6 Å². The molecule has 0 saturated carbocycles. The van der Waals surface area contributed by atoms with Crippen LogP contribution in [0, 0.1) is 0 Å². The molecule has 2 atom stereocenters. The first-order valence-corrected chi connectivity index (χ1v) is 6.59. The summed E-state index contributed by atoms with van der Waals surface area (Å²) in [6, 6.07) is 6.55. The van der Waals surface area contributed by atoms with Gasteiger partial charge in [0.15, 0.2) is 0 Å². The van der Waals surface area contributed by atoms with Gasteiger partial charge in [-0.25, -0.2) is 0 Å². The maximum Gasteiger partial charge on any atom is 0.248 e. The molecule has 2 amide bonds. The quantitative estimate of drug-likeness (QED) is 0.740. The van der Waals surface area contributed by atoms with E-state index in [2.05, 4.69) is 10.6 Å². The summed E-state index contributed by atoms with van der Waals surface area (Å²) in [5.74, 6) is -0.587. The van der Waals surface area contributed by atoms with E-state index in [1.807, 2.05) is 13.0 Å². The van der Waals surface area contributed by atoms with Crippen LogP contribution >= 0.6 is 12.4 Å². The fraction of sp³-hybridized carbons (Fsp3) is 0.429. The van der Waals surface area contributed by atoms with Gasteiger partial charge in [-0.2, -0.15) is 0 Å². The fourth-order valence-electron chi connectivity index (χ4n) is 2.16. The predicted octanol–water partition coefficient (Wildman–Crippen LogP) is 0.200. The summed E-state index contributed by atoms with van der Waals surface area (Å²) in [5, 5.41) is 5.96. The molecule has 1 aromatic carbocycles. The molecule has 0 unspecified atom stereocenters. The van der Waals surface area contributed by atoms with Crippen LogP contribution in [-0.4, -0.2) is 37.1 Å². The van der Waals surface area contributed by atoms with Crippen molar-refractivity contribution in [1.82, 2.24) is 10.6 Å². The summed E-state index contributed by atoms with van der Waals surface area (Å²) in [4.78, 5) is 23.1. The van der Waals surface area contributed by atoms with E-state index in [0.29, 0.717) is 25.3 Å². The Kier molecular flexibility index (Phi) is 6.61. The molecule has 4 N–H and O–H groups in total. The topological polar surface area (TPSA) is 93.4 Å². The monoisotopic (exact) mass is 313 g/mol. The smallest absolute Gasteiger partial charge is 0.248 e. The summed E-state index contributed by atoms with van der Waals surface area (Å²) in [6.45, 7) is 3.50. The van der Waals surface area contributed by atoms with Gasteiger partial charge in [-0.3, -0.25) is 9.59 Å². The number of halogens is 1. The highest BCUT2D eigenvalue weighted by Crippen LogP contribution is 2.07. The second kappa shape index (κ2) is 7.97. The highest BCUT2D eigenvalue weighted by atomic mass is 35.5. The normalized spacial score (nSPS) is 21.2. The highest BCUT2D eigenvalue weighted by molar-refractivity contribution is 5.92. The first kappa shape index (κ1) is 17.4. The summed E-state index contributed by atoms with van der Waals surface area (Å²) in [5.41, 5.74) is 6.49. The summed E-state index contributed by atoms with van der Waals surface area (Å²) < 4.78 is 5.43. The van der Waals surface area contributed by atoms with E-state index in [1.54, 1.807) is 18.2 Å². The van der Waals surface area contributed by atoms with Crippen LogP contribution in [0.1, 0.15) is 22.8 Å². The van der Waals surface area contributed by atoms with Crippen molar-refractivity contribution in [3.63, 3.8) is 0 Å². The van der Waals surface area contributed by atoms with Crippen LogP contribution in [0.3, 0.4) is 0 Å². The van der Waals surface area contributed by atoms with Crippen molar-refractivity contribution in [2.24, 2.45) is 5.73 Å². The number of amides is 2. The molecule has 6 nitrogen and oxygen atoms in total. The number of morpholine rings is 1. The first-order chi connectivity index (χ1) is 9.58. The molecule has 0 radical (unpaired) electrons. The van der Waals surface area contributed by atoms with Crippen LogP contribution in [0.5, 0.6) is 0 Å². The number of rotatable bonds is 4. The molecule has 1 aliphatic heterocycles. The number of benzene rings is 1. The molecule has 1 fully saturated rings. The Hall–Kier alpha value is -1.63. The van der Waals surface area contributed by atoms with Gasteiger partial charge in [0.2, 0.25) is 11.8 Å². The maximum absolute atomic E-state index is 12.1. The minimum atomic E-state index is -0.478. The van der Waals surface area contributed by atoms with E-state index in [1.165, 1.54) is 0 Å². The standard InChI is InChI=1S/C14H19N3O3.ClH/c1-9-12(16-5-6-20-9)14(19)17-8-10-3-2-4-11(7-10)13(15)18;/h2-4,7,9,12,16H,5-6,8H2,1H3,(H2,15,18)(H,17,19);1H/t9-,12+;/m1./s1. The number of nitrogens with two attached hydrogens (primary N) is 1. The lowest BCUT2D eigenvalue weighted by molar-refractivity contribution is -0.129. The lowest BCUT2D eigenvalue weighted by Gasteiger charge is -2.29. The SMILES string of the molecule is C[C@H]1OCCN[C@@H]1C(=O)NCc1cccc(C(N)=O)c1.Cl. The van der Waals surface area contributed by atoms with E-state index in [9.17, 15) is 9.59 Å². The largest absolute Gasteiger partial charge is 0.375 e. The Morgan fingerprint density at radius 2 is 2.24 bits per heavy atom.